The lowest BCUT2D eigenvalue weighted by Gasteiger charge is -2.30. The Morgan fingerprint density at radius 3 is 2.73 bits per heavy atom. The molecule has 9 heteroatoms. The Bertz CT molecular complexity index is 899. The molecule has 3 heterocycles. The third kappa shape index (κ3) is 4.49. The molecule has 0 bridgehead atoms. The maximum atomic E-state index is 12.7. The molecule has 2 aliphatic rings. The van der Waals surface area contributed by atoms with E-state index in [9.17, 15) is 4.79 Å². The first-order chi connectivity index (χ1) is 14.2. The first kappa shape index (κ1) is 20.4. The summed E-state index contributed by atoms with van der Waals surface area (Å²) >= 11 is 0. The highest BCUT2D eigenvalue weighted by Crippen LogP contribution is 2.46. The van der Waals surface area contributed by atoms with Crippen molar-refractivity contribution in [2.24, 2.45) is 12.5 Å². The van der Waals surface area contributed by atoms with Gasteiger partial charge < -0.3 is 20.3 Å². The van der Waals surface area contributed by atoms with Crippen molar-refractivity contribution in [2.75, 3.05) is 23.7 Å². The van der Waals surface area contributed by atoms with Gasteiger partial charge in [-0.15, -0.1) is 0 Å². The molecule has 30 heavy (non-hydrogen) atoms. The van der Waals surface area contributed by atoms with E-state index in [1.165, 1.54) is 12.8 Å². The van der Waals surface area contributed by atoms with Crippen LogP contribution in [0.5, 0.6) is 0 Å². The van der Waals surface area contributed by atoms with Crippen molar-refractivity contribution >= 4 is 23.5 Å². The van der Waals surface area contributed by atoms with Gasteiger partial charge in [0, 0.05) is 37.9 Å². The van der Waals surface area contributed by atoms with E-state index in [-0.39, 0.29) is 17.6 Å². The number of aromatic nitrogens is 4. The summed E-state index contributed by atoms with van der Waals surface area (Å²) < 4.78 is 7.35. The Morgan fingerprint density at radius 2 is 2.07 bits per heavy atom. The summed E-state index contributed by atoms with van der Waals surface area (Å²) in [6.07, 6.45) is 9.69. The van der Waals surface area contributed by atoms with Gasteiger partial charge in [0.25, 0.3) is 0 Å². The van der Waals surface area contributed by atoms with Crippen molar-refractivity contribution in [1.82, 2.24) is 24.6 Å². The van der Waals surface area contributed by atoms with Crippen molar-refractivity contribution in [2.45, 2.75) is 58.1 Å². The molecule has 162 valence electrons. The number of amides is 1. The summed E-state index contributed by atoms with van der Waals surface area (Å²) in [6, 6.07) is 2.00. The van der Waals surface area contributed by atoms with Gasteiger partial charge in [0.2, 0.25) is 5.95 Å². The number of hydrogen-bond donors (Lipinski definition) is 2. The predicted molar refractivity (Wildman–Crippen MR) is 115 cm³/mol. The molecule has 0 radical (unpaired) electrons. The lowest BCUT2D eigenvalue weighted by molar-refractivity contribution is 0.0273. The Kier molecular flexibility index (Phi) is 5.29. The number of ether oxygens (including phenoxy) is 1. The maximum Gasteiger partial charge on any atom is 0.410 e. The van der Waals surface area contributed by atoms with E-state index in [1.54, 1.807) is 17.1 Å². The molecule has 0 aromatic carbocycles. The van der Waals surface area contributed by atoms with Crippen LogP contribution in [-0.4, -0.2) is 55.5 Å². The summed E-state index contributed by atoms with van der Waals surface area (Å²) in [5, 5.41) is 10.9. The fourth-order valence-corrected chi connectivity index (χ4v) is 4.51. The Hall–Kier alpha value is -2.84. The topological polar surface area (TPSA) is 97.2 Å². The molecule has 2 fully saturated rings. The Balaban J connectivity index is 1.48. The molecule has 1 saturated carbocycles. The zero-order valence-corrected chi connectivity index (χ0v) is 18.2. The molecule has 1 aliphatic carbocycles. The molecule has 9 nitrogen and oxygen atoms in total. The summed E-state index contributed by atoms with van der Waals surface area (Å²) in [5.74, 6) is 1.26. The average Bonchev–Trinajstić information content (AvgIpc) is 3.37. The minimum absolute atomic E-state index is 0.0683. The van der Waals surface area contributed by atoms with Crippen LogP contribution >= 0.6 is 0 Å². The molecule has 1 atom stereocenters. The van der Waals surface area contributed by atoms with Gasteiger partial charge in [-0.25, -0.2) is 9.78 Å². The van der Waals surface area contributed by atoms with Gasteiger partial charge >= 0.3 is 6.09 Å². The molecule has 4 rings (SSSR count). The number of carbonyl (C=O) groups is 1. The number of likely N-dealkylation sites (tertiary alicyclic amines) is 1. The SMILES string of the molecule is Cn1cc(Nc2nccc(NC3CN(C(=O)OC(C)(C)C)CC34CCCC4)n2)cn1. The Labute approximate surface area is 177 Å². The quantitative estimate of drug-likeness (QED) is 0.791. The predicted octanol–water partition coefficient (Wildman–Crippen LogP) is 3.55. The van der Waals surface area contributed by atoms with Crippen molar-refractivity contribution in [3.63, 3.8) is 0 Å². The van der Waals surface area contributed by atoms with Gasteiger partial charge in [-0.2, -0.15) is 10.1 Å². The summed E-state index contributed by atoms with van der Waals surface area (Å²) in [4.78, 5) is 23.5. The molecule has 1 amide bonds. The first-order valence-electron chi connectivity index (χ1n) is 10.6. The third-order valence-electron chi connectivity index (χ3n) is 5.84. The van der Waals surface area contributed by atoms with Crippen molar-refractivity contribution in [3.05, 3.63) is 24.7 Å². The lowest BCUT2D eigenvalue weighted by atomic mass is 9.81. The zero-order valence-electron chi connectivity index (χ0n) is 18.2. The van der Waals surface area contributed by atoms with Crippen LogP contribution in [0.15, 0.2) is 24.7 Å². The second kappa shape index (κ2) is 7.77. The number of carbonyl (C=O) groups excluding carboxylic acids is 1. The van der Waals surface area contributed by atoms with Crippen LogP contribution < -0.4 is 10.6 Å². The third-order valence-corrected chi connectivity index (χ3v) is 5.84. The fraction of sp³-hybridized carbons (Fsp3) is 0.619. The van der Waals surface area contributed by atoms with E-state index < -0.39 is 5.60 Å². The second-order valence-electron chi connectivity index (χ2n) is 9.42. The Morgan fingerprint density at radius 1 is 1.30 bits per heavy atom. The molecule has 2 aromatic rings. The van der Waals surface area contributed by atoms with Crippen molar-refractivity contribution in [3.8, 4) is 0 Å². The van der Waals surface area contributed by atoms with Crippen LogP contribution in [0.25, 0.3) is 0 Å². The van der Waals surface area contributed by atoms with Gasteiger partial charge in [0.15, 0.2) is 0 Å². The number of aryl methyl sites for hydroxylation is 1. The van der Waals surface area contributed by atoms with Crippen LogP contribution in [-0.2, 0) is 11.8 Å². The number of hydrogen-bond acceptors (Lipinski definition) is 7. The number of nitrogens with zero attached hydrogens (tertiary/aromatic N) is 5. The maximum absolute atomic E-state index is 12.7. The standard InChI is InChI=1S/C21H31N7O2/c1-20(2,3)30-19(29)28-13-16(21(14-28)8-5-6-9-21)25-17-7-10-22-18(26-17)24-15-11-23-27(4)12-15/h7,10-12,16H,5-6,8-9,13-14H2,1-4H3,(H2,22,24,25,26). The largest absolute Gasteiger partial charge is 0.444 e. The van der Waals surface area contributed by atoms with Gasteiger partial charge in [-0.1, -0.05) is 12.8 Å². The van der Waals surface area contributed by atoms with Gasteiger partial charge in [0.05, 0.1) is 17.9 Å². The lowest BCUT2D eigenvalue weighted by Crippen LogP contribution is -2.37. The van der Waals surface area contributed by atoms with Crippen LogP contribution in [0.3, 0.4) is 0 Å². The van der Waals surface area contributed by atoms with Crippen molar-refractivity contribution < 1.29 is 9.53 Å². The highest BCUT2D eigenvalue weighted by Gasteiger charge is 2.50. The molecule has 1 unspecified atom stereocenters. The fourth-order valence-electron chi connectivity index (χ4n) is 4.51. The zero-order chi connectivity index (χ0) is 21.4. The summed E-state index contributed by atoms with van der Waals surface area (Å²) in [5.41, 5.74) is 0.405. The number of rotatable bonds is 4. The monoisotopic (exact) mass is 413 g/mol. The first-order valence-corrected chi connectivity index (χ1v) is 10.6. The summed E-state index contributed by atoms with van der Waals surface area (Å²) in [7, 11) is 1.86. The molecule has 2 N–H and O–H groups in total. The van der Waals surface area contributed by atoms with E-state index in [2.05, 4.69) is 25.7 Å². The molecule has 1 aliphatic heterocycles. The molecule has 2 aromatic heterocycles. The van der Waals surface area contributed by atoms with Crippen LogP contribution in [0.1, 0.15) is 46.5 Å². The van der Waals surface area contributed by atoms with Crippen molar-refractivity contribution in [1.29, 1.82) is 0 Å². The normalized spacial score (nSPS) is 20.5. The molecule has 1 spiro atoms. The minimum atomic E-state index is -0.495. The van der Waals surface area contributed by atoms with E-state index in [1.807, 2.05) is 45.0 Å². The summed E-state index contributed by atoms with van der Waals surface area (Å²) in [6.45, 7) is 7.05. The molecular formula is C21H31N7O2. The molecular weight excluding hydrogens is 382 g/mol. The van der Waals surface area contributed by atoms with E-state index in [0.29, 0.717) is 12.5 Å². The van der Waals surface area contributed by atoms with Gasteiger partial charge in [-0.05, 0) is 39.7 Å². The highest BCUT2D eigenvalue weighted by molar-refractivity contribution is 5.69. The van der Waals surface area contributed by atoms with Crippen LogP contribution in [0.4, 0.5) is 22.2 Å². The average molecular weight is 414 g/mol. The smallest absolute Gasteiger partial charge is 0.410 e. The van der Waals surface area contributed by atoms with Gasteiger partial charge in [-0.3, -0.25) is 4.68 Å². The highest BCUT2D eigenvalue weighted by atomic mass is 16.6. The minimum Gasteiger partial charge on any atom is -0.444 e. The van der Waals surface area contributed by atoms with E-state index >= 15 is 0 Å². The van der Waals surface area contributed by atoms with Crippen LogP contribution in [0, 0.1) is 5.41 Å². The van der Waals surface area contributed by atoms with E-state index in [4.69, 9.17) is 4.74 Å². The van der Waals surface area contributed by atoms with E-state index in [0.717, 1.165) is 30.9 Å². The number of nitrogens with one attached hydrogen (secondary N) is 2. The number of anilines is 3. The van der Waals surface area contributed by atoms with Gasteiger partial charge in [0.1, 0.15) is 11.4 Å². The second-order valence-corrected chi connectivity index (χ2v) is 9.42. The molecule has 1 saturated heterocycles. The van der Waals surface area contributed by atoms with Crippen LogP contribution in [0.2, 0.25) is 0 Å².